The summed E-state index contributed by atoms with van der Waals surface area (Å²) in [4.78, 5) is 0.169. The lowest BCUT2D eigenvalue weighted by atomic mass is 10.2. The van der Waals surface area contributed by atoms with Gasteiger partial charge in [-0.15, -0.1) is 0 Å². The first-order chi connectivity index (χ1) is 7.10. The molecular formula is C9H9BrN2O2S. The number of halogens is 1. The molecule has 0 atom stereocenters. The average molecular weight is 289 g/mol. The van der Waals surface area contributed by atoms with E-state index in [4.69, 9.17) is 5.26 Å². The molecule has 0 radical (unpaired) electrons. The molecule has 0 saturated heterocycles. The standard InChI is InChI=1S/C9H9BrN2O2S/c10-7-8-1-3-9(4-2-8)15(13,14)12-6-5-11/h1-4,12H,6-7H2. The van der Waals surface area contributed by atoms with E-state index >= 15 is 0 Å². The SMILES string of the molecule is N#CCNS(=O)(=O)c1ccc(CBr)cc1. The number of hydrogen-bond acceptors (Lipinski definition) is 3. The quantitative estimate of drug-likeness (QED) is 0.672. The minimum Gasteiger partial charge on any atom is -0.207 e. The van der Waals surface area contributed by atoms with Crippen LogP contribution in [0, 0.1) is 11.3 Å². The molecule has 0 aliphatic carbocycles. The highest BCUT2D eigenvalue weighted by Gasteiger charge is 2.12. The van der Waals surface area contributed by atoms with Crippen LogP contribution in [-0.4, -0.2) is 15.0 Å². The number of nitriles is 1. The molecule has 0 fully saturated rings. The summed E-state index contributed by atoms with van der Waals surface area (Å²) in [7, 11) is -3.54. The molecule has 1 rings (SSSR count). The van der Waals surface area contributed by atoms with Crippen LogP contribution in [0.3, 0.4) is 0 Å². The minimum absolute atomic E-state index is 0.169. The van der Waals surface area contributed by atoms with Crippen molar-refractivity contribution in [2.75, 3.05) is 6.54 Å². The van der Waals surface area contributed by atoms with Crippen molar-refractivity contribution in [2.24, 2.45) is 0 Å². The Morgan fingerprint density at radius 1 is 1.33 bits per heavy atom. The molecular weight excluding hydrogens is 280 g/mol. The van der Waals surface area contributed by atoms with E-state index in [1.165, 1.54) is 12.1 Å². The maximum Gasteiger partial charge on any atom is 0.241 e. The van der Waals surface area contributed by atoms with Crippen LogP contribution in [0.4, 0.5) is 0 Å². The van der Waals surface area contributed by atoms with E-state index < -0.39 is 10.0 Å². The number of nitrogens with zero attached hydrogens (tertiary/aromatic N) is 1. The van der Waals surface area contributed by atoms with Crippen molar-refractivity contribution in [3.05, 3.63) is 29.8 Å². The van der Waals surface area contributed by atoms with Gasteiger partial charge in [0.1, 0.15) is 0 Å². The molecule has 80 valence electrons. The second-order valence-corrected chi connectivity index (χ2v) is 5.09. The van der Waals surface area contributed by atoms with Gasteiger partial charge in [0.2, 0.25) is 10.0 Å². The third-order valence-electron chi connectivity index (χ3n) is 1.73. The van der Waals surface area contributed by atoms with Crippen LogP contribution in [-0.2, 0) is 15.4 Å². The number of nitrogens with one attached hydrogen (secondary N) is 1. The van der Waals surface area contributed by atoms with E-state index in [9.17, 15) is 8.42 Å². The van der Waals surface area contributed by atoms with Gasteiger partial charge in [0.05, 0.1) is 17.5 Å². The molecule has 4 nitrogen and oxygen atoms in total. The molecule has 1 aromatic carbocycles. The Morgan fingerprint density at radius 3 is 2.40 bits per heavy atom. The molecule has 6 heteroatoms. The summed E-state index contributed by atoms with van der Waals surface area (Å²) < 4.78 is 25.2. The topological polar surface area (TPSA) is 70.0 Å². The van der Waals surface area contributed by atoms with E-state index in [2.05, 4.69) is 20.7 Å². The van der Waals surface area contributed by atoms with Gasteiger partial charge in [-0.1, -0.05) is 28.1 Å². The monoisotopic (exact) mass is 288 g/mol. The summed E-state index contributed by atoms with van der Waals surface area (Å²) in [6, 6.07) is 8.17. The summed E-state index contributed by atoms with van der Waals surface area (Å²) in [6.45, 7) is -0.220. The van der Waals surface area contributed by atoms with Crippen LogP contribution in [0.5, 0.6) is 0 Å². The molecule has 1 aromatic rings. The van der Waals surface area contributed by atoms with E-state index in [-0.39, 0.29) is 11.4 Å². The summed E-state index contributed by atoms with van der Waals surface area (Å²) in [6.07, 6.45) is 0. The van der Waals surface area contributed by atoms with Gasteiger partial charge in [-0.2, -0.15) is 9.98 Å². The summed E-state index contributed by atoms with van der Waals surface area (Å²) in [5.74, 6) is 0. The van der Waals surface area contributed by atoms with Crippen molar-refractivity contribution in [3.8, 4) is 6.07 Å². The van der Waals surface area contributed by atoms with Gasteiger partial charge in [0, 0.05) is 5.33 Å². The van der Waals surface area contributed by atoms with Gasteiger partial charge in [0.15, 0.2) is 0 Å². The van der Waals surface area contributed by atoms with E-state index in [0.717, 1.165) is 5.56 Å². The number of sulfonamides is 1. The highest BCUT2D eigenvalue weighted by molar-refractivity contribution is 9.08. The Bertz CT molecular complexity index is 462. The van der Waals surface area contributed by atoms with Crippen LogP contribution < -0.4 is 4.72 Å². The van der Waals surface area contributed by atoms with Crippen molar-refractivity contribution < 1.29 is 8.42 Å². The number of hydrogen-bond donors (Lipinski definition) is 1. The molecule has 0 unspecified atom stereocenters. The number of benzene rings is 1. The predicted molar refractivity (Wildman–Crippen MR) is 59.9 cm³/mol. The fraction of sp³-hybridized carbons (Fsp3) is 0.222. The van der Waals surface area contributed by atoms with Crippen molar-refractivity contribution in [1.29, 1.82) is 5.26 Å². The predicted octanol–water partition coefficient (Wildman–Crippen LogP) is 1.38. The maximum atomic E-state index is 11.5. The molecule has 0 bridgehead atoms. The zero-order valence-electron chi connectivity index (χ0n) is 7.77. The van der Waals surface area contributed by atoms with E-state index in [1.54, 1.807) is 18.2 Å². The van der Waals surface area contributed by atoms with Gasteiger partial charge in [-0.05, 0) is 17.7 Å². The van der Waals surface area contributed by atoms with Gasteiger partial charge in [-0.25, -0.2) is 8.42 Å². The Kier molecular flexibility index (Phi) is 4.27. The van der Waals surface area contributed by atoms with Gasteiger partial charge in [0.25, 0.3) is 0 Å². The molecule has 0 aliphatic rings. The Hall–Kier alpha value is -0.900. The first-order valence-electron chi connectivity index (χ1n) is 4.11. The van der Waals surface area contributed by atoms with Crippen LogP contribution >= 0.6 is 15.9 Å². The molecule has 1 N–H and O–H groups in total. The Morgan fingerprint density at radius 2 is 1.93 bits per heavy atom. The number of alkyl halides is 1. The third-order valence-corrected chi connectivity index (χ3v) is 3.79. The minimum atomic E-state index is -3.54. The largest absolute Gasteiger partial charge is 0.241 e. The molecule has 0 aliphatic heterocycles. The van der Waals surface area contributed by atoms with E-state index in [1.807, 2.05) is 0 Å². The lowest BCUT2D eigenvalue weighted by molar-refractivity contribution is 0.586. The Labute approximate surface area is 97.1 Å². The zero-order valence-corrected chi connectivity index (χ0v) is 10.2. The molecule has 0 amide bonds. The lowest BCUT2D eigenvalue weighted by Gasteiger charge is -2.03. The first kappa shape index (κ1) is 12.2. The highest BCUT2D eigenvalue weighted by Crippen LogP contribution is 2.12. The molecule has 0 heterocycles. The van der Waals surface area contributed by atoms with Gasteiger partial charge >= 0.3 is 0 Å². The summed E-state index contributed by atoms with van der Waals surface area (Å²) in [5, 5.41) is 8.96. The van der Waals surface area contributed by atoms with Gasteiger partial charge in [-0.3, -0.25) is 0 Å². The molecule has 0 saturated carbocycles. The second-order valence-electron chi connectivity index (χ2n) is 2.76. The smallest absolute Gasteiger partial charge is 0.207 e. The van der Waals surface area contributed by atoms with Crippen molar-refractivity contribution in [2.45, 2.75) is 10.2 Å². The van der Waals surface area contributed by atoms with Crippen LogP contribution in [0.2, 0.25) is 0 Å². The summed E-state index contributed by atoms with van der Waals surface area (Å²) >= 11 is 3.27. The van der Waals surface area contributed by atoms with Crippen LogP contribution in [0.15, 0.2) is 29.2 Å². The maximum absolute atomic E-state index is 11.5. The fourth-order valence-corrected chi connectivity index (χ4v) is 2.26. The lowest BCUT2D eigenvalue weighted by Crippen LogP contribution is -2.23. The Balaban J connectivity index is 2.92. The average Bonchev–Trinajstić information content (AvgIpc) is 2.26. The van der Waals surface area contributed by atoms with Crippen molar-refractivity contribution in [3.63, 3.8) is 0 Å². The molecule has 0 spiro atoms. The number of rotatable bonds is 4. The fourth-order valence-electron chi connectivity index (χ4n) is 0.968. The van der Waals surface area contributed by atoms with Gasteiger partial charge < -0.3 is 0 Å². The van der Waals surface area contributed by atoms with Crippen molar-refractivity contribution >= 4 is 26.0 Å². The van der Waals surface area contributed by atoms with E-state index in [0.29, 0.717) is 5.33 Å². The van der Waals surface area contributed by atoms with Crippen LogP contribution in [0.1, 0.15) is 5.56 Å². The third kappa shape index (κ3) is 3.30. The highest BCUT2D eigenvalue weighted by atomic mass is 79.9. The summed E-state index contributed by atoms with van der Waals surface area (Å²) in [5.41, 5.74) is 0.995. The molecule has 15 heavy (non-hydrogen) atoms. The van der Waals surface area contributed by atoms with Crippen LogP contribution in [0.25, 0.3) is 0 Å². The second kappa shape index (κ2) is 5.26. The molecule has 0 aromatic heterocycles. The van der Waals surface area contributed by atoms with Crippen molar-refractivity contribution in [1.82, 2.24) is 4.72 Å². The first-order valence-corrected chi connectivity index (χ1v) is 6.72. The zero-order chi connectivity index (χ0) is 11.3. The normalized spacial score (nSPS) is 10.9.